The summed E-state index contributed by atoms with van der Waals surface area (Å²) in [5, 5.41) is 11.6. The molecule has 0 unspecified atom stereocenters. The maximum Gasteiger partial charge on any atom is 0.239 e. The Hall–Kier alpha value is -2.02. The lowest BCUT2D eigenvalue weighted by Gasteiger charge is -2.21. The van der Waals surface area contributed by atoms with Crippen molar-refractivity contribution in [3.05, 3.63) is 29.3 Å². The van der Waals surface area contributed by atoms with E-state index in [0.29, 0.717) is 18.7 Å². The fourth-order valence-corrected chi connectivity index (χ4v) is 1.77. The summed E-state index contributed by atoms with van der Waals surface area (Å²) in [5.41, 5.74) is 2.61. The molecule has 0 spiro atoms. The molecule has 1 amide bonds. The third kappa shape index (κ3) is 3.77. The van der Waals surface area contributed by atoms with Crippen LogP contribution in [0.2, 0.25) is 0 Å². The number of benzene rings is 1. The van der Waals surface area contributed by atoms with Gasteiger partial charge in [-0.05, 0) is 37.1 Å². The molecule has 0 atom stereocenters. The van der Waals surface area contributed by atoms with Gasteiger partial charge in [0.15, 0.2) is 0 Å². The number of amides is 1. The molecule has 0 aliphatic rings. The first-order valence-electron chi connectivity index (χ1n) is 6.07. The largest absolute Gasteiger partial charge is 0.365 e. The molecular formula is C14H19N3O. The first-order valence-corrected chi connectivity index (χ1v) is 6.07. The molecule has 1 rings (SSSR count). The minimum atomic E-state index is 0.0168. The topological polar surface area (TPSA) is 56.1 Å². The second kappa shape index (κ2) is 6.65. The molecule has 4 heteroatoms. The van der Waals surface area contributed by atoms with Gasteiger partial charge in [-0.1, -0.05) is 6.92 Å². The Morgan fingerprint density at radius 3 is 2.78 bits per heavy atom. The molecule has 0 aromatic heterocycles. The van der Waals surface area contributed by atoms with E-state index in [1.165, 1.54) is 0 Å². The van der Waals surface area contributed by atoms with Crippen LogP contribution < -0.4 is 10.2 Å². The second-order valence-electron chi connectivity index (χ2n) is 4.32. The van der Waals surface area contributed by atoms with E-state index in [1.807, 2.05) is 37.9 Å². The van der Waals surface area contributed by atoms with Crippen LogP contribution in [0.25, 0.3) is 0 Å². The van der Waals surface area contributed by atoms with Gasteiger partial charge in [-0.2, -0.15) is 5.26 Å². The number of hydrogen-bond donors (Lipinski definition) is 1. The molecule has 0 radical (unpaired) electrons. The van der Waals surface area contributed by atoms with Gasteiger partial charge < -0.3 is 10.2 Å². The van der Waals surface area contributed by atoms with Crippen LogP contribution in [0.3, 0.4) is 0 Å². The van der Waals surface area contributed by atoms with E-state index in [4.69, 9.17) is 5.26 Å². The van der Waals surface area contributed by atoms with Crippen molar-refractivity contribution in [3.8, 4) is 6.07 Å². The zero-order chi connectivity index (χ0) is 13.5. The van der Waals surface area contributed by atoms with Crippen LogP contribution in [0.4, 0.5) is 5.69 Å². The number of aryl methyl sites for hydroxylation is 1. The SMILES string of the molecule is CCCNC(=O)CN(C)c1ccc(C#N)cc1C. The lowest BCUT2D eigenvalue weighted by Crippen LogP contribution is -2.35. The zero-order valence-corrected chi connectivity index (χ0v) is 11.2. The lowest BCUT2D eigenvalue weighted by molar-refractivity contribution is -0.119. The molecule has 0 heterocycles. The van der Waals surface area contributed by atoms with Crippen molar-refractivity contribution in [2.75, 3.05) is 25.0 Å². The summed E-state index contributed by atoms with van der Waals surface area (Å²) in [7, 11) is 1.87. The molecule has 0 bridgehead atoms. The molecule has 1 N–H and O–H groups in total. The molecule has 0 aliphatic heterocycles. The van der Waals surface area contributed by atoms with E-state index in [2.05, 4.69) is 11.4 Å². The fourth-order valence-electron chi connectivity index (χ4n) is 1.77. The molecule has 0 saturated heterocycles. The van der Waals surface area contributed by atoms with E-state index >= 15 is 0 Å². The Bertz CT molecular complexity index is 463. The highest BCUT2D eigenvalue weighted by molar-refractivity contribution is 5.81. The molecule has 96 valence electrons. The Balaban J connectivity index is 2.70. The maximum atomic E-state index is 11.6. The number of rotatable bonds is 5. The highest BCUT2D eigenvalue weighted by Gasteiger charge is 2.09. The average molecular weight is 245 g/mol. The van der Waals surface area contributed by atoms with Crippen molar-refractivity contribution < 1.29 is 4.79 Å². The van der Waals surface area contributed by atoms with E-state index in [0.717, 1.165) is 17.7 Å². The number of carbonyl (C=O) groups excluding carboxylic acids is 1. The normalized spacial score (nSPS) is 9.67. The smallest absolute Gasteiger partial charge is 0.239 e. The summed E-state index contributed by atoms with van der Waals surface area (Å²) < 4.78 is 0. The van der Waals surface area contributed by atoms with Crippen molar-refractivity contribution in [2.24, 2.45) is 0 Å². The van der Waals surface area contributed by atoms with Crippen molar-refractivity contribution in [2.45, 2.75) is 20.3 Å². The third-order valence-corrected chi connectivity index (χ3v) is 2.69. The zero-order valence-electron chi connectivity index (χ0n) is 11.2. The number of nitriles is 1. The van der Waals surface area contributed by atoms with Gasteiger partial charge in [0.2, 0.25) is 5.91 Å². The van der Waals surface area contributed by atoms with Gasteiger partial charge in [0.25, 0.3) is 0 Å². The van der Waals surface area contributed by atoms with Gasteiger partial charge in [0.05, 0.1) is 18.2 Å². The van der Waals surface area contributed by atoms with E-state index in [1.54, 1.807) is 6.07 Å². The number of carbonyl (C=O) groups is 1. The molecule has 4 nitrogen and oxygen atoms in total. The highest BCUT2D eigenvalue weighted by atomic mass is 16.2. The van der Waals surface area contributed by atoms with Gasteiger partial charge in [-0.25, -0.2) is 0 Å². The Kier molecular flexibility index (Phi) is 5.19. The molecule has 1 aromatic carbocycles. The Labute approximate surface area is 108 Å². The Morgan fingerprint density at radius 2 is 2.22 bits per heavy atom. The van der Waals surface area contributed by atoms with Crippen molar-refractivity contribution in [3.63, 3.8) is 0 Å². The van der Waals surface area contributed by atoms with Crippen molar-refractivity contribution in [1.29, 1.82) is 5.26 Å². The van der Waals surface area contributed by atoms with Gasteiger partial charge in [0.1, 0.15) is 0 Å². The van der Waals surface area contributed by atoms with Gasteiger partial charge in [-0.15, -0.1) is 0 Å². The molecule has 0 fully saturated rings. The molecule has 0 saturated carbocycles. The number of nitrogens with zero attached hydrogens (tertiary/aromatic N) is 2. The quantitative estimate of drug-likeness (QED) is 0.861. The average Bonchev–Trinajstić information content (AvgIpc) is 2.35. The summed E-state index contributed by atoms with van der Waals surface area (Å²) >= 11 is 0. The van der Waals surface area contributed by atoms with Crippen LogP contribution in [-0.2, 0) is 4.79 Å². The number of anilines is 1. The minimum Gasteiger partial charge on any atom is -0.365 e. The lowest BCUT2D eigenvalue weighted by atomic mass is 10.1. The van der Waals surface area contributed by atoms with E-state index in [9.17, 15) is 4.79 Å². The van der Waals surface area contributed by atoms with Crippen LogP contribution in [-0.4, -0.2) is 26.0 Å². The summed E-state index contributed by atoms with van der Waals surface area (Å²) in [5.74, 6) is 0.0168. The standard InChI is InChI=1S/C14H19N3O/c1-4-7-16-14(18)10-17(3)13-6-5-12(9-15)8-11(13)2/h5-6,8H,4,7,10H2,1-3H3,(H,16,18). The summed E-state index contributed by atoms with van der Waals surface area (Å²) in [6.07, 6.45) is 0.936. The molecular weight excluding hydrogens is 226 g/mol. The van der Waals surface area contributed by atoms with Crippen LogP contribution in [0.1, 0.15) is 24.5 Å². The fraction of sp³-hybridized carbons (Fsp3) is 0.429. The molecule has 1 aromatic rings. The predicted molar refractivity (Wildman–Crippen MR) is 72.5 cm³/mol. The predicted octanol–water partition coefficient (Wildman–Crippen LogP) is 1.83. The van der Waals surface area contributed by atoms with Gasteiger partial charge in [-0.3, -0.25) is 4.79 Å². The monoisotopic (exact) mass is 245 g/mol. The number of likely N-dealkylation sites (N-methyl/N-ethyl adjacent to an activating group) is 1. The number of nitrogens with one attached hydrogen (secondary N) is 1. The van der Waals surface area contributed by atoms with Crippen molar-refractivity contribution >= 4 is 11.6 Å². The summed E-state index contributed by atoms with van der Waals surface area (Å²) in [6.45, 7) is 5.00. The highest BCUT2D eigenvalue weighted by Crippen LogP contribution is 2.19. The minimum absolute atomic E-state index is 0.0168. The second-order valence-corrected chi connectivity index (χ2v) is 4.32. The summed E-state index contributed by atoms with van der Waals surface area (Å²) in [4.78, 5) is 13.5. The van der Waals surface area contributed by atoms with E-state index in [-0.39, 0.29) is 5.91 Å². The van der Waals surface area contributed by atoms with Crippen LogP contribution >= 0.6 is 0 Å². The summed E-state index contributed by atoms with van der Waals surface area (Å²) in [6, 6.07) is 7.58. The molecule has 18 heavy (non-hydrogen) atoms. The maximum absolute atomic E-state index is 11.6. The van der Waals surface area contributed by atoms with Crippen molar-refractivity contribution in [1.82, 2.24) is 5.32 Å². The Morgan fingerprint density at radius 1 is 1.50 bits per heavy atom. The first kappa shape index (κ1) is 14.0. The third-order valence-electron chi connectivity index (χ3n) is 2.69. The molecule has 0 aliphatic carbocycles. The van der Waals surface area contributed by atoms with Gasteiger partial charge in [0, 0.05) is 19.3 Å². The van der Waals surface area contributed by atoms with Gasteiger partial charge >= 0.3 is 0 Å². The number of hydrogen-bond acceptors (Lipinski definition) is 3. The first-order chi connectivity index (χ1) is 8.58. The van der Waals surface area contributed by atoms with Crippen LogP contribution in [0.5, 0.6) is 0 Å². The van der Waals surface area contributed by atoms with Crippen LogP contribution in [0, 0.1) is 18.3 Å². The van der Waals surface area contributed by atoms with Crippen LogP contribution in [0.15, 0.2) is 18.2 Å². The van der Waals surface area contributed by atoms with E-state index < -0.39 is 0 Å².